The highest BCUT2D eigenvalue weighted by Gasteiger charge is 2.15. The van der Waals surface area contributed by atoms with Crippen LogP contribution in [0.1, 0.15) is 48.0 Å². The first-order chi connectivity index (χ1) is 9.34. The van der Waals surface area contributed by atoms with Gasteiger partial charge in [-0.2, -0.15) is 0 Å². The molecule has 0 rings (SSSR count). The van der Waals surface area contributed by atoms with E-state index in [2.05, 4.69) is 83.9 Å². The molecular weight excluding hydrogens is 258 g/mol. The summed E-state index contributed by atoms with van der Waals surface area (Å²) in [6, 6.07) is 0. The molecule has 0 aliphatic rings. The average molecular weight is 296 g/mol. The largest absolute Gasteiger partial charge is 0.387 e. The zero-order valence-electron chi connectivity index (χ0n) is 15.6. The van der Waals surface area contributed by atoms with Gasteiger partial charge in [0.15, 0.2) is 0 Å². The van der Waals surface area contributed by atoms with Gasteiger partial charge in [-0.05, 0) is 11.8 Å². The van der Waals surface area contributed by atoms with E-state index in [1.54, 1.807) is 0 Å². The zero-order valence-corrected chi connectivity index (χ0v) is 15.6. The van der Waals surface area contributed by atoms with Gasteiger partial charge >= 0.3 is 0 Å². The second-order valence-electron chi connectivity index (χ2n) is 8.23. The fraction of sp³-hybridized carbons (Fsp3) is 0.778. The highest BCUT2D eigenvalue weighted by Crippen LogP contribution is 2.21. The average Bonchev–Trinajstić information content (AvgIpc) is 2.32. The van der Waals surface area contributed by atoms with Crippen molar-refractivity contribution in [2.24, 2.45) is 10.8 Å². The van der Waals surface area contributed by atoms with Crippen molar-refractivity contribution in [1.29, 1.82) is 0 Å². The molecule has 0 aromatic heterocycles. The number of likely N-dealkylation sites (N-methyl/N-ethyl adjacent to an activating group) is 1. The van der Waals surface area contributed by atoms with Crippen LogP contribution in [0.3, 0.4) is 0 Å². The van der Waals surface area contributed by atoms with E-state index in [0.29, 0.717) is 5.41 Å². The van der Waals surface area contributed by atoms with Gasteiger partial charge in [-0.1, -0.05) is 54.7 Å². The van der Waals surface area contributed by atoms with Crippen LogP contribution in [0.15, 0.2) is 24.7 Å². The summed E-state index contributed by atoms with van der Waals surface area (Å²) in [4.78, 5) is 4.44. The van der Waals surface area contributed by atoms with Crippen LogP contribution < -0.4 is 5.32 Å². The van der Waals surface area contributed by atoms with Crippen LogP contribution in [0.25, 0.3) is 0 Å². The highest BCUT2D eigenvalue weighted by atomic mass is 15.3. The van der Waals surface area contributed by atoms with Crippen molar-refractivity contribution in [3.8, 4) is 0 Å². The van der Waals surface area contributed by atoms with E-state index in [-0.39, 0.29) is 5.41 Å². The molecule has 0 aromatic rings. The van der Waals surface area contributed by atoms with Gasteiger partial charge in [0, 0.05) is 44.8 Å². The van der Waals surface area contributed by atoms with Crippen LogP contribution >= 0.6 is 0 Å². The normalized spacial score (nSPS) is 12.0. The summed E-state index contributed by atoms with van der Waals surface area (Å²) in [6.45, 7) is 24.5. The van der Waals surface area contributed by atoms with Gasteiger partial charge in [0.05, 0.1) is 5.82 Å². The first-order valence-corrected chi connectivity index (χ1v) is 7.89. The monoisotopic (exact) mass is 295 g/mol. The predicted octanol–water partition coefficient (Wildman–Crippen LogP) is 3.91. The van der Waals surface area contributed by atoms with Crippen molar-refractivity contribution in [1.82, 2.24) is 15.1 Å². The van der Waals surface area contributed by atoms with E-state index in [0.717, 1.165) is 37.6 Å². The molecule has 0 aliphatic carbocycles. The second kappa shape index (κ2) is 7.77. The Balaban J connectivity index is 4.13. The molecule has 0 saturated heterocycles. The fourth-order valence-corrected chi connectivity index (χ4v) is 1.69. The number of nitrogens with zero attached hydrogens (tertiary/aromatic N) is 2. The number of rotatable bonds is 8. The number of hydrogen-bond donors (Lipinski definition) is 1. The van der Waals surface area contributed by atoms with E-state index >= 15 is 0 Å². The maximum absolute atomic E-state index is 4.20. The van der Waals surface area contributed by atoms with Crippen LogP contribution in [0.2, 0.25) is 0 Å². The second-order valence-corrected chi connectivity index (χ2v) is 8.23. The maximum atomic E-state index is 4.20. The van der Waals surface area contributed by atoms with Gasteiger partial charge in [-0.3, -0.25) is 0 Å². The van der Waals surface area contributed by atoms with Crippen LogP contribution in [-0.2, 0) is 0 Å². The molecule has 21 heavy (non-hydrogen) atoms. The summed E-state index contributed by atoms with van der Waals surface area (Å²) < 4.78 is 0. The molecule has 124 valence electrons. The van der Waals surface area contributed by atoms with Crippen LogP contribution in [-0.4, -0.2) is 43.5 Å². The predicted molar refractivity (Wildman–Crippen MR) is 95.1 cm³/mol. The summed E-state index contributed by atoms with van der Waals surface area (Å²) in [6.07, 6.45) is 1.16. The maximum Gasteiger partial charge on any atom is 0.0960 e. The van der Waals surface area contributed by atoms with Gasteiger partial charge in [0.2, 0.25) is 0 Å². The molecule has 0 spiro atoms. The molecule has 0 amide bonds. The quantitative estimate of drug-likeness (QED) is 0.732. The van der Waals surface area contributed by atoms with E-state index in [1.165, 1.54) is 0 Å². The molecule has 0 fully saturated rings. The minimum Gasteiger partial charge on any atom is -0.387 e. The Hall–Kier alpha value is -1.12. The lowest BCUT2D eigenvalue weighted by molar-refractivity contribution is 0.237. The number of hydrogen-bond acceptors (Lipinski definition) is 3. The molecule has 1 N–H and O–H groups in total. The van der Waals surface area contributed by atoms with Gasteiger partial charge in [0.1, 0.15) is 0 Å². The molecule has 0 atom stereocenters. The van der Waals surface area contributed by atoms with E-state index in [9.17, 15) is 0 Å². The number of nitrogens with one attached hydrogen (secondary N) is 1. The number of allylic oxidation sites excluding steroid dienone is 1. The Morgan fingerprint density at radius 3 is 1.81 bits per heavy atom. The summed E-state index contributed by atoms with van der Waals surface area (Å²) >= 11 is 0. The van der Waals surface area contributed by atoms with E-state index in [1.807, 2.05) is 0 Å². The lowest BCUT2D eigenvalue weighted by atomic mass is 9.92. The smallest absolute Gasteiger partial charge is 0.0960 e. The third-order valence-corrected chi connectivity index (χ3v) is 3.77. The summed E-state index contributed by atoms with van der Waals surface area (Å²) in [5.74, 6) is 1.07. The standard InChI is InChI=1S/C18H37N3/c1-15(18(6,7)8)19-12-14-21(10)16(2)20(9)13-11-17(3,4)5/h19H,1-2,11-14H2,3-10H3. The Morgan fingerprint density at radius 2 is 1.38 bits per heavy atom. The lowest BCUT2D eigenvalue weighted by Gasteiger charge is -2.32. The fourth-order valence-electron chi connectivity index (χ4n) is 1.69. The molecule has 0 aliphatic heterocycles. The Kier molecular flexibility index (Phi) is 7.35. The minimum atomic E-state index is 0.110. The molecule has 0 unspecified atom stereocenters. The van der Waals surface area contributed by atoms with Crippen LogP contribution in [0.4, 0.5) is 0 Å². The topological polar surface area (TPSA) is 18.5 Å². The third-order valence-electron chi connectivity index (χ3n) is 3.77. The molecule has 0 heterocycles. The van der Waals surface area contributed by atoms with Crippen molar-refractivity contribution >= 4 is 0 Å². The molecule has 3 heteroatoms. The minimum absolute atomic E-state index is 0.110. The van der Waals surface area contributed by atoms with E-state index < -0.39 is 0 Å². The lowest BCUT2D eigenvalue weighted by Crippen LogP contribution is -2.36. The highest BCUT2D eigenvalue weighted by molar-refractivity contribution is 5.02. The summed E-state index contributed by atoms with van der Waals surface area (Å²) in [5.41, 5.74) is 1.56. The van der Waals surface area contributed by atoms with Crippen LogP contribution in [0.5, 0.6) is 0 Å². The molecule has 0 aromatic carbocycles. The van der Waals surface area contributed by atoms with Crippen molar-refractivity contribution < 1.29 is 0 Å². The molecule has 0 saturated carbocycles. The first kappa shape index (κ1) is 19.9. The van der Waals surface area contributed by atoms with E-state index in [4.69, 9.17) is 0 Å². The van der Waals surface area contributed by atoms with Gasteiger partial charge in [-0.15, -0.1) is 0 Å². The van der Waals surface area contributed by atoms with Crippen LogP contribution in [0, 0.1) is 10.8 Å². The van der Waals surface area contributed by atoms with Gasteiger partial charge in [0.25, 0.3) is 0 Å². The van der Waals surface area contributed by atoms with Crippen molar-refractivity contribution in [3.63, 3.8) is 0 Å². The van der Waals surface area contributed by atoms with Gasteiger partial charge < -0.3 is 15.1 Å². The first-order valence-electron chi connectivity index (χ1n) is 7.89. The van der Waals surface area contributed by atoms with Crippen molar-refractivity contribution in [2.75, 3.05) is 33.7 Å². The molecule has 3 nitrogen and oxygen atoms in total. The SMILES string of the molecule is C=C(N(C)CCNC(=C)C(C)(C)C)N(C)CCC(C)(C)C. The Morgan fingerprint density at radius 1 is 0.905 bits per heavy atom. The Bertz CT molecular complexity index is 344. The Labute approximate surface area is 133 Å². The summed E-state index contributed by atoms with van der Waals surface area (Å²) in [5, 5.41) is 3.41. The van der Waals surface area contributed by atoms with Crippen molar-refractivity contribution in [2.45, 2.75) is 48.0 Å². The molecule has 0 bridgehead atoms. The molecule has 0 radical (unpaired) electrons. The van der Waals surface area contributed by atoms with Gasteiger partial charge in [-0.25, -0.2) is 0 Å². The zero-order chi connectivity index (χ0) is 16.8. The summed E-state index contributed by atoms with van der Waals surface area (Å²) in [7, 11) is 4.21. The van der Waals surface area contributed by atoms with Crippen molar-refractivity contribution in [3.05, 3.63) is 24.7 Å². The third kappa shape index (κ3) is 8.69. The molecular formula is C18H37N3.